The highest BCUT2D eigenvalue weighted by Crippen LogP contribution is 2.37. The summed E-state index contributed by atoms with van der Waals surface area (Å²) in [5, 5.41) is 11.0. The maximum Gasteiger partial charge on any atom is 0.416 e. The van der Waals surface area contributed by atoms with E-state index in [1.807, 2.05) is 0 Å². The van der Waals surface area contributed by atoms with Crippen molar-refractivity contribution in [3.05, 3.63) is 62.7 Å². The van der Waals surface area contributed by atoms with Crippen molar-refractivity contribution < 1.29 is 37.1 Å². The van der Waals surface area contributed by atoms with Gasteiger partial charge in [-0.05, 0) is 37.1 Å². The quantitative estimate of drug-likeness (QED) is 0.331. The Kier molecular flexibility index (Phi) is 6.47. The first-order chi connectivity index (χ1) is 14.1. The van der Waals surface area contributed by atoms with Crippen LogP contribution in [-0.2, 0) is 15.7 Å². The molecule has 2 aromatic rings. The molecule has 11 heteroatoms. The SMILES string of the molecule is O=C(OC1CCCCO1)c1cc(Oc2ccc(C(F)(F)F)cc2Cl)ccc1[N+](=O)[O-]. The fourth-order valence-corrected chi connectivity index (χ4v) is 2.99. The van der Waals surface area contributed by atoms with Crippen molar-refractivity contribution in [2.45, 2.75) is 31.7 Å². The van der Waals surface area contributed by atoms with Gasteiger partial charge in [0.15, 0.2) is 0 Å². The molecule has 0 amide bonds. The molecule has 160 valence electrons. The molecule has 0 aliphatic carbocycles. The van der Waals surface area contributed by atoms with Gasteiger partial charge in [-0.2, -0.15) is 13.2 Å². The summed E-state index contributed by atoms with van der Waals surface area (Å²) < 4.78 is 54.2. The lowest BCUT2D eigenvalue weighted by Gasteiger charge is -2.22. The fourth-order valence-electron chi connectivity index (χ4n) is 2.78. The van der Waals surface area contributed by atoms with E-state index in [-0.39, 0.29) is 22.1 Å². The number of nitro groups is 1. The number of ether oxygens (including phenoxy) is 3. The van der Waals surface area contributed by atoms with E-state index < -0.39 is 34.6 Å². The summed E-state index contributed by atoms with van der Waals surface area (Å²) >= 11 is 5.86. The molecule has 1 unspecified atom stereocenters. The summed E-state index contributed by atoms with van der Waals surface area (Å²) in [6.07, 6.45) is -3.30. The topological polar surface area (TPSA) is 87.9 Å². The zero-order valence-corrected chi connectivity index (χ0v) is 16.0. The fraction of sp³-hybridized carbons (Fsp3) is 0.316. The smallest absolute Gasteiger partial charge is 0.416 e. The van der Waals surface area contributed by atoms with Crippen LogP contribution in [0.3, 0.4) is 0 Å². The largest absolute Gasteiger partial charge is 0.456 e. The molecular weight excluding hydrogens is 431 g/mol. The third kappa shape index (κ3) is 5.19. The molecule has 1 heterocycles. The third-order valence-corrected chi connectivity index (χ3v) is 4.54. The van der Waals surface area contributed by atoms with Crippen LogP contribution in [0.1, 0.15) is 35.2 Å². The van der Waals surface area contributed by atoms with Crippen molar-refractivity contribution in [1.29, 1.82) is 0 Å². The minimum Gasteiger partial charge on any atom is -0.456 e. The van der Waals surface area contributed by atoms with Gasteiger partial charge in [-0.25, -0.2) is 4.79 Å². The number of esters is 1. The van der Waals surface area contributed by atoms with Crippen LogP contribution >= 0.6 is 11.6 Å². The highest BCUT2D eigenvalue weighted by atomic mass is 35.5. The zero-order chi connectivity index (χ0) is 21.9. The number of carbonyl (C=O) groups excluding carboxylic acids is 1. The summed E-state index contributed by atoms with van der Waals surface area (Å²) in [7, 11) is 0. The first-order valence-electron chi connectivity index (χ1n) is 8.81. The number of hydrogen-bond acceptors (Lipinski definition) is 6. The Balaban J connectivity index is 1.85. The number of nitro benzene ring substituents is 1. The molecule has 0 radical (unpaired) electrons. The van der Waals surface area contributed by atoms with Crippen molar-refractivity contribution in [1.82, 2.24) is 0 Å². The first-order valence-corrected chi connectivity index (χ1v) is 9.18. The van der Waals surface area contributed by atoms with Gasteiger partial charge in [0.2, 0.25) is 6.29 Å². The van der Waals surface area contributed by atoms with Gasteiger partial charge in [0.25, 0.3) is 5.69 Å². The normalized spacial score (nSPS) is 16.7. The van der Waals surface area contributed by atoms with E-state index in [0.29, 0.717) is 19.1 Å². The molecular formula is C19H15ClF3NO6. The maximum absolute atomic E-state index is 12.8. The van der Waals surface area contributed by atoms with E-state index in [9.17, 15) is 28.1 Å². The van der Waals surface area contributed by atoms with Gasteiger partial charge < -0.3 is 14.2 Å². The van der Waals surface area contributed by atoms with Gasteiger partial charge in [0.05, 0.1) is 22.1 Å². The van der Waals surface area contributed by atoms with Crippen LogP contribution in [0.15, 0.2) is 36.4 Å². The zero-order valence-electron chi connectivity index (χ0n) is 15.3. The van der Waals surface area contributed by atoms with Crippen LogP contribution in [0.4, 0.5) is 18.9 Å². The van der Waals surface area contributed by atoms with Gasteiger partial charge in [-0.3, -0.25) is 10.1 Å². The minimum atomic E-state index is -4.58. The average Bonchev–Trinajstić information content (AvgIpc) is 2.69. The van der Waals surface area contributed by atoms with Crippen LogP contribution in [-0.4, -0.2) is 23.8 Å². The van der Waals surface area contributed by atoms with E-state index in [0.717, 1.165) is 37.1 Å². The maximum atomic E-state index is 12.8. The number of hydrogen-bond donors (Lipinski definition) is 0. The molecule has 1 aliphatic heterocycles. The van der Waals surface area contributed by atoms with Crippen molar-refractivity contribution in [3.63, 3.8) is 0 Å². The average molecular weight is 446 g/mol. The van der Waals surface area contributed by atoms with E-state index in [4.69, 9.17) is 25.8 Å². The van der Waals surface area contributed by atoms with Crippen LogP contribution in [0.25, 0.3) is 0 Å². The summed E-state index contributed by atoms with van der Waals surface area (Å²) in [4.78, 5) is 23.0. The van der Waals surface area contributed by atoms with E-state index in [2.05, 4.69) is 0 Å². The van der Waals surface area contributed by atoms with Crippen molar-refractivity contribution in [2.75, 3.05) is 6.61 Å². The summed E-state index contributed by atoms with van der Waals surface area (Å²) in [6, 6.07) is 5.78. The van der Waals surface area contributed by atoms with Crippen LogP contribution in [0.2, 0.25) is 5.02 Å². The van der Waals surface area contributed by atoms with Gasteiger partial charge >= 0.3 is 12.1 Å². The van der Waals surface area contributed by atoms with Gasteiger partial charge in [0.1, 0.15) is 17.1 Å². The number of alkyl halides is 3. The molecule has 0 N–H and O–H groups in total. The van der Waals surface area contributed by atoms with Crippen molar-refractivity contribution in [3.8, 4) is 11.5 Å². The highest BCUT2D eigenvalue weighted by molar-refractivity contribution is 6.32. The molecule has 30 heavy (non-hydrogen) atoms. The van der Waals surface area contributed by atoms with Gasteiger partial charge in [0, 0.05) is 18.6 Å². The number of carbonyl (C=O) groups is 1. The molecule has 0 bridgehead atoms. The molecule has 3 rings (SSSR count). The second-order valence-electron chi connectivity index (χ2n) is 6.38. The van der Waals surface area contributed by atoms with E-state index >= 15 is 0 Å². The predicted molar refractivity (Wildman–Crippen MR) is 98.6 cm³/mol. The van der Waals surface area contributed by atoms with Crippen molar-refractivity contribution >= 4 is 23.3 Å². The lowest BCUT2D eigenvalue weighted by atomic mass is 10.1. The number of benzene rings is 2. The van der Waals surface area contributed by atoms with E-state index in [1.54, 1.807) is 0 Å². The monoisotopic (exact) mass is 445 g/mol. The molecule has 7 nitrogen and oxygen atoms in total. The molecule has 1 saturated heterocycles. The molecule has 0 aromatic heterocycles. The van der Waals surface area contributed by atoms with E-state index in [1.165, 1.54) is 6.07 Å². The summed E-state index contributed by atoms with van der Waals surface area (Å²) in [6.45, 7) is 0.412. The molecule has 2 aromatic carbocycles. The van der Waals surface area contributed by atoms with Gasteiger partial charge in [-0.15, -0.1) is 0 Å². The Morgan fingerprint density at radius 2 is 1.97 bits per heavy atom. The number of rotatable bonds is 5. The predicted octanol–water partition coefficient (Wildman–Crippen LogP) is 5.74. The van der Waals surface area contributed by atoms with Crippen LogP contribution < -0.4 is 4.74 Å². The van der Waals surface area contributed by atoms with Crippen LogP contribution in [0.5, 0.6) is 11.5 Å². The highest BCUT2D eigenvalue weighted by Gasteiger charge is 2.31. The Hall–Kier alpha value is -2.85. The Morgan fingerprint density at radius 3 is 2.57 bits per heavy atom. The first kappa shape index (κ1) is 21.8. The second kappa shape index (κ2) is 8.88. The summed E-state index contributed by atoms with van der Waals surface area (Å²) in [5.41, 5.74) is -1.85. The standard InChI is InChI=1S/C19H15ClF3NO6/c20-14-9-11(19(21,22)23)4-7-16(14)29-12-5-6-15(24(26)27)13(10-12)18(25)30-17-3-1-2-8-28-17/h4-7,9-10,17H,1-3,8H2. The summed E-state index contributed by atoms with van der Waals surface area (Å²) in [5.74, 6) is -1.13. The second-order valence-corrected chi connectivity index (χ2v) is 6.79. The molecule has 1 atom stereocenters. The molecule has 1 aliphatic rings. The molecule has 1 fully saturated rings. The van der Waals surface area contributed by atoms with Crippen LogP contribution in [0, 0.1) is 10.1 Å². The lowest BCUT2D eigenvalue weighted by Crippen LogP contribution is -2.25. The lowest BCUT2D eigenvalue weighted by molar-refractivity contribution is -0.385. The molecule has 0 spiro atoms. The van der Waals surface area contributed by atoms with Gasteiger partial charge in [-0.1, -0.05) is 11.6 Å². The Labute approximate surface area is 173 Å². The number of nitrogens with zero attached hydrogens (tertiary/aromatic N) is 1. The Bertz CT molecular complexity index is 960. The number of halogens is 4. The molecule has 0 saturated carbocycles. The Morgan fingerprint density at radius 1 is 1.20 bits per heavy atom. The minimum absolute atomic E-state index is 0.0428. The third-order valence-electron chi connectivity index (χ3n) is 4.25. The van der Waals surface area contributed by atoms with Crippen molar-refractivity contribution in [2.24, 2.45) is 0 Å².